The molecule has 0 amide bonds. The average molecular weight is 297 g/mol. The van der Waals surface area contributed by atoms with Gasteiger partial charge >= 0.3 is 0 Å². The van der Waals surface area contributed by atoms with Gasteiger partial charge in [-0.05, 0) is 25.1 Å². The highest BCUT2D eigenvalue weighted by Gasteiger charge is 2.16. The molecule has 1 aromatic heterocycles. The summed E-state index contributed by atoms with van der Waals surface area (Å²) in [6, 6.07) is 13.6. The monoisotopic (exact) mass is 297 g/mol. The third kappa shape index (κ3) is 2.56. The number of imidazole rings is 1. The van der Waals surface area contributed by atoms with E-state index in [0.29, 0.717) is 11.2 Å². The van der Waals surface area contributed by atoms with Crippen LogP contribution in [0.1, 0.15) is 5.56 Å². The summed E-state index contributed by atoms with van der Waals surface area (Å²) in [7, 11) is 0. The Balaban J connectivity index is 2.23. The van der Waals surface area contributed by atoms with Crippen molar-refractivity contribution >= 4 is 16.7 Å². The lowest BCUT2D eigenvalue weighted by atomic mass is 10.1. The van der Waals surface area contributed by atoms with Gasteiger partial charge < -0.3 is 20.5 Å². The summed E-state index contributed by atoms with van der Waals surface area (Å²) in [4.78, 5) is 4.66. The Morgan fingerprint density at radius 1 is 1.23 bits per heavy atom. The van der Waals surface area contributed by atoms with Crippen LogP contribution in [0.15, 0.2) is 42.5 Å². The second-order valence-electron chi connectivity index (χ2n) is 5.47. The summed E-state index contributed by atoms with van der Waals surface area (Å²) < 4.78 is 1.90. The molecule has 0 aliphatic heterocycles. The molecule has 22 heavy (non-hydrogen) atoms. The molecular weight excluding hydrogens is 278 g/mol. The Morgan fingerprint density at radius 2 is 2.00 bits per heavy atom. The fraction of sp³-hybridized carbons (Fsp3) is 0.235. The molecule has 1 unspecified atom stereocenters. The lowest BCUT2D eigenvalue weighted by Gasteiger charge is -2.13. The minimum atomic E-state index is -0.845. The van der Waals surface area contributed by atoms with Crippen LogP contribution in [-0.2, 0) is 6.54 Å². The van der Waals surface area contributed by atoms with Crippen molar-refractivity contribution in [3.8, 4) is 11.4 Å². The van der Waals surface area contributed by atoms with Crippen LogP contribution in [0.25, 0.3) is 22.4 Å². The summed E-state index contributed by atoms with van der Waals surface area (Å²) in [5.41, 5.74) is 10.3. The number of nitrogen functional groups attached to an aromatic ring is 1. The van der Waals surface area contributed by atoms with Crippen molar-refractivity contribution in [2.75, 3.05) is 12.3 Å². The highest BCUT2D eigenvalue weighted by molar-refractivity contribution is 5.90. The number of hydrogen-bond acceptors (Lipinski definition) is 4. The van der Waals surface area contributed by atoms with Crippen LogP contribution < -0.4 is 5.73 Å². The predicted octanol–water partition coefficient (Wildman–Crippen LogP) is 1.95. The van der Waals surface area contributed by atoms with E-state index in [0.717, 1.165) is 22.5 Å². The Kier molecular flexibility index (Phi) is 3.83. The molecule has 0 saturated heterocycles. The number of hydrogen-bond donors (Lipinski definition) is 3. The first-order valence-electron chi connectivity index (χ1n) is 7.21. The van der Waals surface area contributed by atoms with E-state index < -0.39 is 6.10 Å². The van der Waals surface area contributed by atoms with E-state index in [9.17, 15) is 5.11 Å². The Morgan fingerprint density at radius 3 is 2.73 bits per heavy atom. The SMILES string of the molecule is Cc1cccc(-c2nc3c(N)cccc3n2CC(O)CO)c1. The number of nitrogens with zero attached hydrogens (tertiary/aromatic N) is 2. The van der Waals surface area contributed by atoms with E-state index in [1.165, 1.54) is 0 Å². The van der Waals surface area contributed by atoms with Crippen LogP contribution in [0, 0.1) is 6.92 Å². The molecule has 0 fully saturated rings. The standard InChI is InChI=1S/C17H19N3O2/c1-11-4-2-5-12(8-11)17-19-16-14(18)6-3-7-15(16)20(17)9-13(22)10-21/h2-8,13,21-22H,9-10,18H2,1H3. The molecule has 3 rings (SSSR count). The molecule has 114 valence electrons. The average Bonchev–Trinajstić information content (AvgIpc) is 2.87. The number of para-hydroxylation sites is 1. The molecule has 3 aromatic rings. The normalized spacial score (nSPS) is 12.7. The van der Waals surface area contributed by atoms with E-state index in [2.05, 4.69) is 4.98 Å². The van der Waals surface area contributed by atoms with Crippen molar-refractivity contribution in [1.29, 1.82) is 0 Å². The van der Waals surface area contributed by atoms with Crippen molar-refractivity contribution < 1.29 is 10.2 Å². The van der Waals surface area contributed by atoms with Gasteiger partial charge in [0.05, 0.1) is 30.5 Å². The lowest BCUT2D eigenvalue weighted by Crippen LogP contribution is -2.20. The topological polar surface area (TPSA) is 84.3 Å². The first-order valence-corrected chi connectivity index (χ1v) is 7.21. The lowest BCUT2D eigenvalue weighted by molar-refractivity contribution is 0.0824. The van der Waals surface area contributed by atoms with E-state index in [4.69, 9.17) is 10.8 Å². The van der Waals surface area contributed by atoms with Gasteiger partial charge in [-0.3, -0.25) is 0 Å². The van der Waals surface area contributed by atoms with Crippen molar-refractivity contribution in [3.05, 3.63) is 48.0 Å². The number of fused-ring (bicyclic) bond motifs is 1. The van der Waals surface area contributed by atoms with Gasteiger partial charge in [0.1, 0.15) is 11.3 Å². The highest BCUT2D eigenvalue weighted by Crippen LogP contribution is 2.28. The molecule has 0 aliphatic rings. The maximum atomic E-state index is 9.85. The molecule has 5 heteroatoms. The zero-order valence-electron chi connectivity index (χ0n) is 12.4. The van der Waals surface area contributed by atoms with Crippen LogP contribution in [0.2, 0.25) is 0 Å². The molecule has 0 saturated carbocycles. The molecule has 1 atom stereocenters. The number of benzene rings is 2. The van der Waals surface area contributed by atoms with Gasteiger partial charge in [0.15, 0.2) is 0 Å². The maximum Gasteiger partial charge on any atom is 0.141 e. The first kappa shape index (κ1) is 14.6. The fourth-order valence-electron chi connectivity index (χ4n) is 2.63. The Hall–Kier alpha value is -2.37. The molecule has 4 N–H and O–H groups in total. The minimum Gasteiger partial charge on any atom is -0.397 e. The summed E-state index contributed by atoms with van der Waals surface area (Å²) in [6.45, 7) is 1.99. The Labute approximate surface area is 128 Å². The van der Waals surface area contributed by atoms with Crippen LogP contribution in [0.3, 0.4) is 0 Å². The zero-order valence-corrected chi connectivity index (χ0v) is 12.4. The number of nitrogens with two attached hydrogens (primary N) is 1. The van der Waals surface area contributed by atoms with Gasteiger partial charge in [0.25, 0.3) is 0 Å². The third-order valence-electron chi connectivity index (χ3n) is 3.69. The molecule has 0 bridgehead atoms. The summed E-state index contributed by atoms with van der Waals surface area (Å²) in [6.07, 6.45) is -0.845. The van der Waals surface area contributed by atoms with Gasteiger partial charge in [-0.1, -0.05) is 29.8 Å². The number of rotatable bonds is 4. The van der Waals surface area contributed by atoms with E-state index in [1.54, 1.807) is 0 Å². The van der Waals surface area contributed by atoms with Crippen LogP contribution in [0.4, 0.5) is 5.69 Å². The maximum absolute atomic E-state index is 9.85. The highest BCUT2D eigenvalue weighted by atomic mass is 16.3. The van der Waals surface area contributed by atoms with E-state index >= 15 is 0 Å². The van der Waals surface area contributed by atoms with Gasteiger partial charge in [-0.25, -0.2) is 4.98 Å². The van der Waals surface area contributed by atoms with Crippen molar-refractivity contribution in [1.82, 2.24) is 9.55 Å². The van der Waals surface area contributed by atoms with E-state index in [-0.39, 0.29) is 13.2 Å². The predicted molar refractivity (Wildman–Crippen MR) is 87.4 cm³/mol. The smallest absolute Gasteiger partial charge is 0.141 e. The van der Waals surface area contributed by atoms with Crippen molar-refractivity contribution in [3.63, 3.8) is 0 Å². The van der Waals surface area contributed by atoms with Gasteiger partial charge in [-0.2, -0.15) is 0 Å². The summed E-state index contributed by atoms with van der Waals surface area (Å²) in [5.74, 6) is 0.740. The van der Waals surface area contributed by atoms with E-state index in [1.807, 2.05) is 54.0 Å². The van der Waals surface area contributed by atoms with Gasteiger partial charge in [0.2, 0.25) is 0 Å². The minimum absolute atomic E-state index is 0.264. The molecule has 0 spiro atoms. The fourth-order valence-corrected chi connectivity index (χ4v) is 2.63. The largest absolute Gasteiger partial charge is 0.397 e. The molecule has 0 radical (unpaired) electrons. The molecule has 5 nitrogen and oxygen atoms in total. The van der Waals surface area contributed by atoms with Crippen molar-refractivity contribution in [2.24, 2.45) is 0 Å². The second kappa shape index (κ2) is 5.79. The zero-order chi connectivity index (χ0) is 15.7. The summed E-state index contributed by atoms with van der Waals surface area (Å²) >= 11 is 0. The summed E-state index contributed by atoms with van der Waals surface area (Å²) in [5, 5.41) is 19.0. The van der Waals surface area contributed by atoms with Crippen LogP contribution in [0.5, 0.6) is 0 Å². The number of aliphatic hydroxyl groups is 2. The third-order valence-corrected chi connectivity index (χ3v) is 3.69. The number of aliphatic hydroxyl groups excluding tert-OH is 2. The number of aromatic nitrogens is 2. The van der Waals surface area contributed by atoms with Gasteiger partial charge in [-0.15, -0.1) is 0 Å². The first-order chi connectivity index (χ1) is 10.6. The molecule has 0 aliphatic carbocycles. The van der Waals surface area contributed by atoms with Crippen LogP contribution >= 0.6 is 0 Å². The Bertz CT molecular complexity index is 811. The second-order valence-corrected chi connectivity index (χ2v) is 5.47. The van der Waals surface area contributed by atoms with Crippen molar-refractivity contribution in [2.45, 2.75) is 19.6 Å². The number of anilines is 1. The molecular formula is C17H19N3O2. The molecule has 1 heterocycles. The quantitative estimate of drug-likeness (QED) is 0.643. The number of aryl methyl sites for hydroxylation is 1. The van der Waals surface area contributed by atoms with Crippen LogP contribution in [-0.4, -0.2) is 32.5 Å². The molecule has 2 aromatic carbocycles. The van der Waals surface area contributed by atoms with Gasteiger partial charge in [0, 0.05) is 5.56 Å².